The second-order valence-corrected chi connectivity index (χ2v) is 8.90. The monoisotopic (exact) mass is 534 g/mol. The van der Waals surface area contributed by atoms with Crippen LogP contribution in [0.3, 0.4) is 0 Å². The van der Waals surface area contributed by atoms with Crippen LogP contribution in [0.15, 0.2) is 101 Å². The minimum atomic E-state index is 0.308. The van der Waals surface area contributed by atoms with Gasteiger partial charge in [0.2, 0.25) is 0 Å². The molecule has 0 spiro atoms. The van der Waals surface area contributed by atoms with Crippen molar-refractivity contribution in [3.8, 4) is 34.3 Å². The third kappa shape index (κ3) is 5.68. The van der Waals surface area contributed by atoms with Gasteiger partial charge in [0.15, 0.2) is 5.76 Å². The molecule has 0 radical (unpaired) electrons. The fourth-order valence-electron chi connectivity index (χ4n) is 4.37. The smallest absolute Gasteiger partial charge is 0.174 e. The van der Waals surface area contributed by atoms with E-state index in [2.05, 4.69) is 5.73 Å². The average Bonchev–Trinajstić information content (AvgIpc) is 3.40. The number of rotatable bonds is 10. The van der Waals surface area contributed by atoms with Gasteiger partial charge < -0.3 is 28.1 Å². The zero-order chi connectivity index (χ0) is 27.9. The van der Waals surface area contributed by atoms with E-state index >= 15 is 0 Å². The van der Waals surface area contributed by atoms with Crippen LogP contribution in [0, 0.1) is 0 Å². The number of hydrogen-bond donors (Lipinski definition) is 0. The molecule has 0 atom stereocenters. The van der Waals surface area contributed by atoms with Gasteiger partial charge in [0.05, 0.1) is 39.4 Å². The van der Waals surface area contributed by atoms with Crippen molar-refractivity contribution in [1.82, 2.24) is 0 Å². The summed E-state index contributed by atoms with van der Waals surface area (Å²) in [7, 11) is 6.52. The fraction of sp³-hybridized carbons (Fsp3) is 0.147. The molecule has 4 aromatic carbocycles. The molecule has 0 aliphatic carbocycles. The Hall–Kier alpha value is -5.06. The molecule has 1 aromatic heterocycles. The van der Waals surface area contributed by atoms with E-state index in [1.54, 1.807) is 28.4 Å². The van der Waals surface area contributed by atoms with Crippen molar-refractivity contribution in [1.29, 1.82) is 0 Å². The molecule has 6 nitrogen and oxygen atoms in total. The maximum atomic E-state index is 6.50. The van der Waals surface area contributed by atoms with Crippen molar-refractivity contribution < 1.29 is 28.1 Å². The molecule has 0 fully saturated rings. The number of ether oxygens (including phenoxy) is 5. The Labute approximate surface area is 233 Å². The van der Waals surface area contributed by atoms with Crippen LogP contribution >= 0.6 is 0 Å². The van der Waals surface area contributed by atoms with Gasteiger partial charge in [-0.2, -0.15) is 0 Å². The predicted octanol–water partition coefficient (Wildman–Crippen LogP) is 8.00. The Morgan fingerprint density at radius 3 is 2.00 bits per heavy atom. The lowest BCUT2D eigenvalue weighted by atomic mass is 10.0. The van der Waals surface area contributed by atoms with E-state index in [0.717, 1.165) is 39.1 Å². The largest absolute Gasteiger partial charge is 0.497 e. The number of benzene rings is 4. The van der Waals surface area contributed by atoms with Crippen LogP contribution in [0.25, 0.3) is 34.1 Å². The molecule has 0 aliphatic heterocycles. The van der Waals surface area contributed by atoms with E-state index in [9.17, 15) is 0 Å². The summed E-state index contributed by atoms with van der Waals surface area (Å²) in [6.45, 7) is 0.308. The van der Waals surface area contributed by atoms with Gasteiger partial charge in [-0.05, 0) is 53.6 Å². The van der Waals surface area contributed by atoms with E-state index < -0.39 is 0 Å². The van der Waals surface area contributed by atoms with Gasteiger partial charge in [-0.1, -0.05) is 48.2 Å². The number of furan rings is 1. The van der Waals surface area contributed by atoms with Crippen LogP contribution in [-0.2, 0) is 11.3 Å². The predicted molar refractivity (Wildman–Crippen MR) is 157 cm³/mol. The lowest BCUT2D eigenvalue weighted by molar-refractivity contribution is 0.265. The molecule has 0 saturated heterocycles. The Morgan fingerprint density at radius 2 is 1.38 bits per heavy atom. The lowest BCUT2D eigenvalue weighted by Crippen LogP contribution is -1.96. The summed E-state index contributed by atoms with van der Waals surface area (Å²) in [5, 5.41) is 0.757. The van der Waals surface area contributed by atoms with E-state index in [0.29, 0.717) is 35.2 Å². The summed E-state index contributed by atoms with van der Waals surface area (Å²) in [6.07, 6.45) is 1.90. The first-order chi connectivity index (χ1) is 19.6. The Bertz CT molecular complexity index is 1640. The van der Waals surface area contributed by atoms with Gasteiger partial charge in [-0.3, -0.25) is 0 Å². The highest BCUT2D eigenvalue weighted by Gasteiger charge is 2.25. The van der Waals surface area contributed by atoms with Crippen molar-refractivity contribution in [3.05, 3.63) is 113 Å². The van der Waals surface area contributed by atoms with Crippen LogP contribution in [0.1, 0.15) is 16.7 Å². The number of hydrogen-bond acceptors (Lipinski definition) is 6. The molecular formula is C34H30O6. The van der Waals surface area contributed by atoms with Crippen LogP contribution in [0.5, 0.6) is 23.0 Å². The molecule has 0 bridgehead atoms. The third-order valence-electron chi connectivity index (χ3n) is 6.48. The van der Waals surface area contributed by atoms with Crippen molar-refractivity contribution >= 4 is 22.8 Å². The molecule has 0 unspecified atom stereocenters. The summed E-state index contributed by atoms with van der Waals surface area (Å²) in [5.74, 6) is 3.87. The first kappa shape index (κ1) is 26.5. The van der Waals surface area contributed by atoms with Gasteiger partial charge in [0.1, 0.15) is 40.9 Å². The molecule has 0 amide bonds. The lowest BCUT2D eigenvalue weighted by Gasteiger charge is -2.12. The maximum absolute atomic E-state index is 6.50. The normalized spacial score (nSPS) is 10.5. The van der Waals surface area contributed by atoms with E-state index in [-0.39, 0.29) is 0 Å². The molecule has 0 saturated carbocycles. The highest BCUT2D eigenvalue weighted by molar-refractivity contribution is 6.01. The fourth-order valence-corrected chi connectivity index (χ4v) is 4.37. The molecule has 6 heteroatoms. The first-order valence-corrected chi connectivity index (χ1v) is 12.7. The first-order valence-electron chi connectivity index (χ1n) is 12.7. The van der Waals surface area contributed by atoms with Gasteiger partial charge in [-0.15, -0.1) is 0 Å². The second-order valence-electron chi connectivity index (χ2n) is 8.90. The average molecular weight is 535 g/mol. The SMILES string of the molecule is COc1ccc(COC(=C=Cc2ccccc2)c2c(-c3ccc(OC)cc3)oc3cc(OC)cc(OC)c23)cc1. The molecule has 202 valence electrons. The van der Waals surface area contributed by atoms with Crippen molar-refractivity contribution in [2.75, 3.05) is 28.4 Å². The van der Waals surface area contributed by atoms with Crippen LogP contribution in [-0.4, -0.2) is 28.4 Å². The van der Waals surface area contributed by atoms with E-state index in [1.165, 1.54) is 0 Å². The Balaban J connectivity index is 1.72. The summed E-state index contributed by atoms with van der Waals surface area (Å²) >= 11 is 0. The zero-order valence-corrected chi connectivity index (χ0v) is 22.9. The van der Waals surface area contributed by atoms with Crippen molar-refractivity contribution in [2.24, 2.45) is 0 Å². The molecular weight excluding hydrogens is 504 g/mol. The highest BCUT2D eigenvalue weighted by atomic mass is 16.5. The molecule has 40 heavy (non-hydrogen) atoms. The maximum Gasteiger partial charge on any atom is 0.174 e. The summed E-state index contributed by atoms with van der Waals surface area (Å²) in [6, 6.07) is 29.1. The van der Waals surface area contributed by atoms with E-state index in [4.69, 9.17) is 28.1 Å². The van der Waals surface area contributed by atoms with E-state index in [1.807, 2.05) is 97.1 Å². The molecule has 0 N–H and O–H groups in total. The van der Waals surface area contributed by atoms with Crippen molar-refractivity contribution in [3.63, 3.8) is 0 Å². The van der Waals surface area contributed by atoms with Gasteiger partial charge in [0, 0.05) is 17.7 Å². The van der Waals surface area contributed by atoms with Gasteiger partial charge in [-0.25, -0.2) is 0 Å². The highest BCUT2D eigenvalue weighted by Crippen LogP contribution is 2.44. The van der Waals surface area contributed by atoms with Crippen LogP contribution in [0.4, 0.5) is 0 Å². The number of fused-ring (bicyclic) bond motifs is 1. The minimum Gasteiger partial charge on any atom is -0.497 e. The quantitative estimate of drug-likeness (QED) is 0.134. The molecule has 5 rings (SSSR count). The molecule has 5 aromatic rings. The van der Waals surface area contributed by atoms with Gasteiger partial charge in [0.25, 0.3) is 0 Å². The third-order valence-corrected chi connectivity index (χ3v) is 6.48. The topological polar surface area (TPSA) is 59.3 Å². The standard InChI is InChI=1S/C34H30O6/c1-35-26-15-10-24(11-16-26)22-39-29(19-12-23-8-6-5-7-9-23)33-32-30(38-4)20-28(37-3)21-31(32)40-34(33)25-13-17-27(36-2)18-14-25/h5-18,20-21H,22H2,1-4H3. The Kier molecular flexibility index (Phi) is 8.10. The van der Waals surface area contributed by atoms with Gasteiger partial charge >= 0.3 is 0 Å². The molecule has 1 heterocycles. The second kappa shape index (κ2) is 12.2. The Morgan fingerprint density at radius 1 is 0.725 bits per heavy atom. The molecule has 0 aliphatic rings. The zero-order valence-electron chi connectivity index (χ0n) is 22.9. The van der Waals surface area contributed by atoms with Crippen molar-refractivity contribution in [2.45, 2.75) is 6.61 Å². The minimum absolute atomic E-state index is 0.308. The number of methoxy groups -OCH3 is 4. The summed E-state index contributed by atoms with van der Waals surface area (Å²) < 4.78 is 35.0. The van der Waals surface area contributed by atoms with Crippen LogP contribution in [0.2, 0.25) is 0 Å². The van der Waals surface area contributed by atoms with Crippen LogP contribution < -0.4 is 18.9 Å². The summed E-state index contributed by atoms with van der Waals surface area (Å²) in [4.78, 5) is 0. The summed E-state index contributed by atoms with van der Waals surface area (Å²) in [5.41, 5.74) is 7.55.